The van der Waals surface area contributed by atoms with Crippen molar-refractivity contribution in [3.63, 3.8) is 0 Å². The van der Waals surface area contributed by atoms with Gasteiger partial charge in [-0.05, 0) is 41.0 Å². The lowest BCUT2D eigenvalue weighted by Gasteiger charge is -2.21. The molecule has 106 valence electrons. The first-order valence-corrected chi connectivity index (χ1v) is 6.64. The Hall–Kier alpha value is -1.10. The molecule has 0 rings (SSSR count). The molecule has 0 aliphatic carbocycles. The van der Waals surface area contributed by atoms with E-state index in [2.05, 4.69) is 16.0 Å². The Morgan fingerprint density at radius 1 is 0.889 bits per heavy atom. The zero-order valence-electron chi connectivity index (χ0n) is 12.3. The van der Waals surface area contributed by atoms with E-state index < -0.39 is 0 Å². The van der Waals surface area contributed by atoms with E-state index in [-0.39, 0.29) is 36.0 Å². The fourth-order valence-electron chi connectivity index (χ4n) is 1.41. The van der Waals surface area contributed by atoms with Crippen LogP contribution in [0.2, 0.25) is 0 Å². The molecule has 0 fully saturated rings. The Bertz CT molecular complexity index is 279. The third-order valence-corrected chi connectivity index (χ3v) is 2.72. The minimum Gasteiger partial charge on any atom is -0.353 e. The fourth-order valence-corrected chi connectivity index (χ4v) is 1.41. The summed E-state index contributed by atoms with van der Waals surface area (Å²) in [6, 6.07) is -0.510. The van der Waals surface area contributed by atoms with Crippen molar-refractivity contribution in [2.24, 2.45) is 0 Å². The van der Waals surface area contributed by atoms with Crippen LogP contribution in [0.3, 0.4) is 0 Å². The van der Waals surface area contributed by atoms with Crippen molar-refractivity contribution in [3.8, 4) is 0 Å². The van der Waals surface area contributed by atoms with Crippen LogP contribution in [0.15, 0.2) is 0 Å². The molecule has 5 nitrogen and oxygen atoms in total. The molecule has 0 heterocycles. The number of hydrogen-bond acceptors (Lipinski definition) is 3. The summed E-state index contributed by atoms with van der Waals surface area (Å²) in [5.41, 5.74) is 0. The second kappa shape index (κ2) is 8.08. The summed E-state index contributed by atoms with van der Waals surface area (Å²) in [4.78, 5) is 23.5. The first kappa shape index (κ1) is 16.9. The molecule has 0 aliphatic rings. The summed E-state index contributed by atoms with van der Waals surface area (Å²) < 4.78 is 0. The molecule has 0 saturated heterocycles. The highest BCUT2D eigenvalue weighted by molar-refractivity contribution is 5.85. The number of nitrogens with one attached hydrogen (secondary N) is 3. The second-order valence-electron chi connectivity index (χ2n) is 5.09. The van der Waals surface area contributed by atoms with Gasteiger partial charge in [-0.3, -0.25) is 14.9 Å². The largest absolute Gasteiger partial charge is 0.353 e. The summed E-state index contributed by atoms with van der Waals surface area (Å²) >= 11 is 0. The first-order chi connectivity index (χ1) is 8.27. The van der Waals surface area contributed by atoms with Gasteiger partial charge in [0, 0.05) is 12.1 Å². The molecule has 3 N–H and O–H groups in total. The summed E-state index contributed by atoms with van der Waals surface area (Å²) in [6.45, 7) is 11.3. The molecule has 0 bridgehead atoms. The van der Waals surface area contributed by atoms with Gasteiger partial charge in [0.2, 0.25) is 11.8 Å². The van der Waals surface area contributed by atoms with Gasteiger partial charge < -0.3 is 10.6 Å². The molecule has 0 aromatic heterocycles. The van der Waals surface area contributed by atoms with Gasteiger partial charge in [-0.15, -0.1) is 0 Å². The Balaban J connectivity index is 4.17. The molecule has 5 heteroatoms. The standard InChI is InChI=1S/C13H27N3O2/c1-7-9(4)15-13(18)11(6)16-10(5)12(17)14-8(2)3/h8-11,16H,7H2,1-6H3,(H,14,17)(H,15,18). The molecular formula is C13H27N3O2. The van der Waals surface area contributed by atoms with E-state index in [0.717, 1.165) is 6.42 Å². The molecule has 3 unspecified atom stereocenters. The molecule has 0 spiro atoms. The van der Waals surface area contributed by atoms with Crippen molar-refractivity contribution in [1.82, 2.24) is 16.0 Å². The monoisotopic (exact) mass is 257 g/mol. The van der Waals surface area contributed by atoms with Crippen LogP contribution in [0.4, 0.5) is 0 Å². The molecule has 3 atom stereocenters. The van der Waals surface area contributed by atoms with Crippen molar-refractivity contribution < 1.29 is 9.59 Å². The van der Waals surface area contributed by atoms with Crippen LogP contribution in [-0.4, -0.2) is 36.0 Å². The van der Waals surface area contributed by atoms with Gasteiger partial charge >= 0.3 is 0 Å². The van der Waals surface area contributed by atoms with Crippen molar-refractivity contribution in [3.05, 3.63) is 0 Å². The topological polar surface area (TPSA) is 70.2 Å². The van der Waals surface area contributed by atoms with Crippen LogP contribution < -0.4 is 16.0 Å². The smallest absolute Gasteiger partial charge is 0.237 e. The third kappa shape index (κ3) is 6.59. The Kier molecular flexibility index (Phi) is 7.59. The van der Waals surface area contributed by atoms with Gasteiger partial charge in [-0.1, -0.05) is 6.92 Å². The molecule has 0 aliphatic heterocycles. The van der Waals surface area contributed by atoms with E-state index in [1.54, 1.807) is 13.8 Å². The molecule has 18 heavy (non-hydrogen) atoms. The van der Waals surface area contributed by atoms with Crippen LogP contribution in [0, 0.1) is 0 Å². The fraction of sp³-hybridized carbons (Fsp3) is 0.846. The molecule has 0 aromatic rings. The highest BCUT2D eigenvalue weighted by Crippen LogP contribution is 1.93. The van der Waals surface area contributed by atoms with Crippen LogP contribution in [0.25, 0.3) is 0 Å². The van der Waals surface area contributed by atoms with E-state index in [1.165, 1.54) is 0 Å². The van der Waals surface area contributed by atoms with Crippen LogP contribution in [0.1, 0.15) is 48.0 Å². The van der Waals surface area contributed by atoms with Gasteiger partial charge in [0.05, 0.1) is 12.1 Å². The Morgan fingerprint density at radius 3 is 1.72 bits per heavy atom. The van der Waals surface area contributed by atoms with Crippen molar-refractivity contribution in [2.45, 2.75) is 72.1 Å². The SMILES string of the molecule is CCC(C)NC(=O)C(C)NC(C)C(=O)NC(C)C. The van der Waals surface area contributed by atoms with Crippen LogP contribution >= 0.6 is 0 Å². The number of carbonyl (C=O) groups is 2. The van der Waals surface area contributed by atoms with E-state index in [0.29, 0.717) is 0 Å². The van der Waals surface area contributed by atoms with Crippen molar-refractivity contribution >= 4 is 11.8 Å². The van der Waals surface area contributed by atoms with Gasteiger partial charge in [0.1, 0.15) is 0 Å². The summed E-state index contributed by atoms with van der Waals surface area (Å²) in [5.74, 6) is -0.165. The number of rotatable bonds is 7. The maximum atomic E-state index is 11.8. The third-order valence-electron chi connectivity index (χ3n) is 2.72. The summed E-state index contributed by atoms with van der Waals surface area (Å²) in [5, 5.41) is 8.68. The summed E-state index contributed by atoms with van der Waals surface area (Å²) in [6.07, 6.45) is 0.891. The van der Waals surface area contributed by atoms with E-state index in [9.17, 15) is 9.59 Å². The number of carbonyl (C=O) groups excluding carboxylic acids is 2. The lowest BCUT2D eigenvalue weighted by atomic mass is 10.2. The predicted octanol–water partition coefficient (Wildman–Crippen LogP) is 0.792. The molecule has 0 aromatic carbocycles. The van der Waals surface area contributed by atoms with Gasteiger partial charge in [0.15, 0.2) is 0 Å². The number of hydrogen-bond donors (Lipinski definition) is 3. The van der Waals surface area contributed by atoms with Crippen molar-refractivity contribution in [2.75, 3.05) is 0 Å². The van der Waals surface area contributed by atoms with E-state index in [4.69, 9.17) is 0 Å². The van der Waals surface area contributed by atoms with Gasteiger partial charge in [-0.2, -0.15) is 0 Å². The minimum absolute atomic E-state index is 0.0754. The highest BCUT2D eigenvalue weighted by Gasteiger charge is 2.20. The Labute approximate surface area is 110 Å². The number of amides is 2. The molecule has 2 amide bonds. The summed E-state index contributed by atoms with van der Waals surface area (Å²) in [7, 11) is 0. The van der Waals surface area contributed by atoms with E-state index >= 15 is 0 Å². The Morgan fingerprint density at radius 2 is 1.33 bits per heavy atom. The predicted molar refractivity (Wildman–Crippen MR) is 73.2 cm³/mol. The average Bonchev–Trinajstić information content (AvgIpc) is 2.27. The zero-order chi connectivity index (χ0) is 14.3. The quantitative estimate of drug-likeness (QED) is 0.631. The maximum Gasteiger partial charge on any atom is 0.237 e. The average molecular weight is 257 g/mol. The molecule has 0 radical (unpaired) electrons. The van der Waals surface area contributed by atoms with E-state index in [1.807, 2.05) is 27.7 Å². The highest BCUT2D eigenvalue weighted by atomic mass is 16.2. The van der Waals surface area contributed by atoms with Crippen LogP contribution in [-0.2, 0) is 9.59 Å². The van der Waals surface area contributed by atoms with Crippen LogP contribution in [0.5, 0.6) is 0 Å². The molecule has 0 saturated carbocycles. The second-order valence-corrected chi connectivity index (χ2v) is 5.09. The lowest BCUT2D eigenvalue weighted by Crippen LogP contribution is -2.53. The normalized spacial score (nSPS) is 15.9. The maximum absolute atomic E-state index is 11.8. The van der Waals surface area contributed by atoms with Gasteiger partial charge in [-0.25, -0.2) is 0 Å². The minimum atomic E-state index is -0.384. The lowest BCUT2D eigenvalue weighted by molar-refractivity contribution is -0.125. The van der Waals surface area contributed by atoms with Crippen molar-refractivity contribution in [1.29, 1.82) is 0 Å². The zero-order valence-corrected chi connectivity index (χ0v) is 12.3. The molecular weight excluding hydrogens is 230 g/mol. The van der Waals surface area contributed by atoms with Gasteiger partial charge in [0.25, 0.3) is 0 Å². The first-order valence-electron chi connectivity index (χ1n) is 6.64.